The summed E-state index contributed by atoms with van der Waals surface area (Å²) >= 11 is 1.04. The fourth-order valence-corrected chi connectivity index (χ4v) is 5.65. The monoisotopic (exact) mass is 535 g/mol. The number of para-hydroxylation sites is 1. The van der Waals surface area contributed by atoms with Crippen molar-refractivity contribution in [2.45, 2.75) is 30.9 Å². The van der Waals surface area contributed by atoms with E-state index in [-0.39, 0.29) is 15.7 Å². The third-order valence-corrected chi connectivity index (χ3v) is 8.35. The third kappa shape index (κ3) is 6.98. The summed E-state index contributed by atoms with van der Waals surface area (Å²) in [6.45, 7) is 10.1. The molecule has 0 fully saturated rings. The van der Waals surface area contributed by atoms with Gasteiger partial charge in [-0.1, -0.05) is 69.3 Å². The van der Waals surface area contributed by atoms with Crippen molar-refractivity contribution in [3.8, 4) is 6.07 Å². The topological polar surface area (TPSA) is 119 Å². The molecule has 0 amide bonds. The van der Waals surface area contributed by atoms with Gasteiger partial charge in [-0.3, -0.25) is 4.79 Å². The molecule has 1 unspecified atom stereocenters. The van der Waals surface area contributed by atoms with Crippen LogP contribution in [0.4, 0.5) is 0 Å². The minimum absolute atomic E-state index is 0.00932. The molecule has 0 aliphatic heterocycles. The number of nitrogens with zero attached hydrogens (tertiary/aromatic N) is 4. The van der Waals surface area contributed by atoms with E-state index in [1.807, 2.05) is 0 Å². The predicted octanol–water partition coefficient (Wildman–Crippen LogP) is 4.82. The van der Waals surface area contributed by atoms with E-state index >= 15 is 0 Å². The van der Waals surface area contributed by atoms with Crippen molar-refractivity contribution in [3.05, 3.63) is 93.9 Å². The SMILES string of the molecule is CCN(CC)CC.N#CC(/C(=N\S(=O)(=O)c1cccs1)c1ccccc1)c1nc2ccccc2c(=O)[nH]1. The molecule has 0 saturated carbocycles. The number of H-pyrrole nitrogens is 1. The molecule has 4 aromatic rings. The van der Waals surface area contributed by atoms with Crippen LogP contribution in [0.3, 0.4) is 0 Å². The minimum Gasteiger partial charge on any atom is -0.309 e. The minimum atomic E-state index is -4.04. The quantitative estimate of drug-likeness (QED) is 0.323. The molecule has 1 atom stereocenters. The maximum Gasteiger partial charge on any atom is 0.292 e. The summed E-state index contributed by atoms with van der Waals surface area (Å²) in [6, 6.07) is 20.4. The number of thiophene rings is 1. The van der Waals surface area contributed by atoms with E-state index in [9.17, 15) is 18.5 Å². The number of aromatic nitrogens is 2. The molecule has 0 aliphatic rings. The van der Waals surface area contributed by atoms with Gasteiger partial charge in [-0.05, 0) is 48.8 Å². The van der Waals surface area contributed by atoms with Gasteiger partial charge in [-0.25, -0.2) is 4.98 Å². The van der Waals surface area contributed by atoms with Gasteiger partial charge in [0.25, 0.3) is 15.6 Å². The number of aromatic amines is 1. The Morgan fingerprint density at radius 3 is 2.24 bits per heavy atom. The van der Waals surface area contributed by atoms with Crippen molar-refractivity contribution in [3.63, 3.8) is 0 Å². The average Bonchev–Trinajstić information content (AvgIpc) is 3.47. The van der Waals surface area contributed by atoms with Crippen molar-refractivity contribution < 1.29 is 8.42 Å². The van der Waals surface area contributed by atoms with E-state index in [0.717, 1.165) is 11.3 Å². The first-order valence-corrected chi connectivity index (χ1v) is 14.2. The number of fused-ring (bicyclic) bond motifs is 1. The maximum absolute atomic E-state index is 12.8. The van der Waals surface area contributed by atoms with Crippen molar-refractivity contribution >= 4 is 38.0 Å². The van der Waals surface area contributed by atoms with Crippen LogP contribution >= 0.6 is 11.3 Å². The van der Waals surface area contributed by atoms with Crippen LogP contribution in [0.15, 0.2) is 85.5 Å². The Morgan fingerprint density at radius 1 is 1.03 bits per heavy atom. The fraction of sp³-hybridized carbons (Fsp3) is 0.259. The summed E-state index contributed by atoms with van der Waals surface area (Å²) in [6.07, 6.45) is 0. The zero-order chi connectivity index (χ0) is 26.8. The standard InChI is InChI=1S/C21H14N4O3S2.C6H15N/c22-13-16(20-23-17-10-5-4-9-15(17)21(26)24-20)19(14-7-2-1-3-8-14)25-30(27,28)18-11-6-12-29-18;1-4-7(5-2)6-3/h1-12,16H,(H,23,24,26);4-6H2,1-3H3/b25-19-;. The fourth-order valence-electron chi connectivity index (χ4n) is 3.63. The molecular formula is C27H29N5O3S2. The van der Waals surface area contributed by atoms with Crippen molar-refractivity contribution in [1.82, 2.24) is 14.9 Å². The number of nitriles is 1. The highest BCUT2D eigenvalue weighted by Crippen LogP contribution is 2.24. The van der Waals surface area contributed by atoms with Gasteiger partial charge >= 0.3 is 0 Å². The zero-order valence-corrected chi connectivity index (χ0v) is 22.6. The van der Waals surface area contributed by atoms with E-state index in [2.05, 4.69) is 46.1 Å². The number of nitrogens with one attached hydrogen (secondary N) is 1. The van der Waals surface area contributed by atoms with E-state index < -0.39 is 21.5 Å². The molecule has 2 aromatic carbocycles. The normalized spacial score (nSPS) is 12.6. The second-order valence-corrected chi connectivity index (χ2v) is 10.7. The Hall–Kier alpha value is -3.65. The Balaban J connectivity index is 0.000000479. The lowest BCUT2D eigenvalue weighted by Crippen LogP contribution is -2.21. The molecule has 10 heteroatoms. The van der Waals surface area contributed by atoms with Gasteiger partial charge in [0.15, 0.2) is 0 Å². The molecule has 0 spiro atoms. The van der Waals surface area contributed by atoms with Gasteiger partial charge in [-0.15, -0.1) is 11.3 Å². The van der Waals surface area contributed by atoms with E-state index in [0.29, 0.717) is 16.5 Å². The summed E-state index contributed by atoms with van der Waals surface area (Å²) in [5.41, 5.74) is 0.430. The summed E-state index contributed by atoms with van der Waals surface area (Å²) < 4.78 is 29.7. The van der Waals surface area contributed by atoms with Gasteiger partial charge in [0.1, 0.15) is 16.0 Å². The third-order valence-electron chi connectivity index (χ3n) is 5.69. The largest absolute Gasteiger partial charge is 0.309 e. The number of hydrogen-bond donors (Lipinski definition) is 1. The maximum atomic E-state index is 12.8. The highest BCUT2D eigenvalue weighted by molar-refractivity contribution is 7.92. The van der Waals surface area contributed by atoms with Crippen LogP contribution in [-0.4, -0.2) is 48.6 Å². The first kappa shape index (κ1) is 27.9. The van der Waals surface area contributed by atoms with Crippen LogP contribution in [0.2, 0.25) is 0 Å². The van der Waals surface area contributed by atoms with Gasteiger partial charge in [-0.2, -0.15) is 18.1 Å². The molecule has 8 nitrogen and oxygen atoms in total. The number of hydrogen-bond acceptors (Lipinski definition) is 7. The van der Waals surface area contributed by atoms with Crippen molar-refractivity contribution in [1.29, 1.82) is 5.26 Å². The molecule has 4 rings (SSSR count). The molecule has 37 heavy (non-hydrogen) atoms. The molecule has 0 radical (unpaired) electrons. The van der Waals surface area contributed by atoms with E-state index in [4.69, 9.17) is 0 Å². The zero-order valence-electron chi connectivity index (χ0n) is 21.0. The first-order chi connectivity index (χ1) is 17.8. The number of sulfonamides is 1. The van der Waals surface area contributed by atoms with Gasteiger partial charge in [0, 0.05) is 0 Å². The molecule has 0 aliphatic carbocycles. The van der Waals surface area contributed by atoms with Gasteiger partial charge < -0.3 is 9.88 Å². The lowest BCUT2D eigenvalue weighted by Gasteiger charge is -2.13. The number of rotatable bonds is 8. The highest BCUT2D eigenvalue weighted by Gasteiger charge is 2.26. The van der Waals surface area contributed by atoms with Crippen LogP contribution in [0.1, 0.15) is 38.1 Å². The Morgan fingerprint density at radius 2 is 1.68 bits per heavy atom. The predicted molar refractivity (Wildman–Crippen MR) is 149 cm³/mol. The van der Waals surface area contributed by atoms with Crippen LogP contribution in [0.5, 0.6) is 0 Å². The molecule has 2 aromatic heterocycles. The highest BCUT2D eigenvalue weighted by atomic mass is 32.2. The Bertz CT molecular complexity index is 1530. The van der Waals surface area contributed by atoms with Crippen molar-refractivity contribution in [2.75, 3.05) is 19.6 Å². The van der Waals surface area contributed by atoms with Crippen LogP contribution < -0.4 is 5.56 Å². The molecule has 2 heterocycles. The summed E-state index contributed by atoms with van der Waals surface area (Å²) in [4.78, 5) is 21.9. The second kappa shape index (κ2) is 13.1. The second-order valence-electron chi connectivity index (χ2n) is 7.90. The van der Waals surface area contributed by atoms with Crippen molar-refractivity contribution in [2.24, 2.45) is 4.40 Å². The van der Waals surface area contributed by atoms with Gasteiger partial charge in [0.05, 0.1) is 22.7 Å². The first-order valence-electron chi connectivity index (χ1n) is 11.9. The summed E-state index contributed by atoms with van der Waals surface area (Å²) in [7, 11) is -4.04. The summed E-state index contributed by atoms with van der Waals surface area (Å²) in [5.74, 6) is -1.16. The lowest BCUT2D eigenvalue weighted by molar-refractivity contribution is 0.321. The van der Waals surface area contributed by atoms with Crippen LogP contribution in [-0.2, 0) is 10.0 Å². The van der Waals surface area contributed by atoms with Crippen LogP contribution in [0.25, 0.3) is 10.9 Å². The van der Waals surface area contributed by atoms with E-state index in [1.54, 1.807) is 66.0 Å². The van der Waals surface area contributed by atoms with E-state index in [1.165, 1.54) is 25.7 Å². The Labute approximate surface area is 221 Å². The lowest BCUT2D eigenvalue weighted by atomic mass is 9.97. The number of benzene rings is 2. The smallest absolute Gasteiger partial charge is 0.292 e. The molecule has 0 saturated heterocycles. The molecule has 192 valence electrons. The summed E-state index contributed by atoms with van der Waals surface area (Å²) in [5, 5.41) is 11.9. The average molecular weight is 536 g/mol. The molecule has 1 N–H and O–H groups in total. The Kier molecular flexibility index (Phi) is 9.85. The molecular weight excluding hydrogens is 506 g/mol. The van der Waals surface area contributed by atoms with Gasteiger partial charge in [0.2, 0.25) is 0 Å². The molecule has 0 bridgehead atoms. The van der Waals surface area contributed by atoms with Crippen LogP contribution in [0, 0.1) is 11.3 Å².